The highest BCUT2D eigenvalue weighted by atomic mass is 127. The Kier molecular flexibility index (Phi) is 7.45. The second-order valence-corrected chi connectivity index (χ2v) is 8.71. The van der Waals surface area contributed by atoms with Gasteiger partial charge in [0.1, 0.15) is 18.2 Å². The average molecular weight is 560 g/mol. The van der Waals surface area contributed by atoms with E-state index in [1.165, 1.54) is 6.08 Å². The van der Waals surface area contributed by atoms with Crippen molar-refractivity contribution in [1.29, 1.82) is 5.26 Å². The van der Waals surface area contributed by atoms with Crippen LogP contribution < -0.4 is 14.8 Å². The lowest BCUT2D eigenvalue weighted by Gasteiger charge is -2.13. The van der Waals surface area contributed by atoms with Crippen molar-refractivity contribution >= 4 is 51.0 Å². The summed E-state index contributed by atoms with van der Waals surface area (Å²) >= 11 is 2.19. The van der Waals surface area contributed by atoms with E-state index < -0.39 is 5.91 Å². The van der Waals surface area contributed by atoms with E-state index in [4.69, 9.17) is 9.47 Å². The summed E-state index contributed by atoms with van der Waals surface area (Å²) < 4.78 is 12.6. The Morgan fingerprint density at radius 2 is 1.76 bits per heavy atom. The lowest BCUT2D eigenvalue weighted by molar-refractivity contribution is -0.112. The average Bonchev–Trinajstić information content (AvgIpc) is 2.87. The van der Waals surface area contributed by atoms with Crippen LogP contribution in [0.15, 0.2) is 90.5 Å². The number of anilines is 1. The summed E-state index contributed by atoms with van der Waals surface area (Å²) in [6.45, 7) is 0.384. The number of rotatable bonds is 7. The first kappa shape index (κ1) is 23.3. The predicted octanol–water partition coefficient (Wildman–Crippen LogP) is 6.58. The van der Waals surface area contributed by atoms with E-state index >= 15 is 0 Å². The van der Waals surface area contributed by atoms with Crippen LogP contribution in [0.3, 0.4) is 0 Å². The largest absolute Gasteiger partial charge is 0.493 e. The fourth-order valence-electron chi connectivity index (χ4n) is 3.51. The van der Waals surface area contributed by atoms with E-state index in [9.17, 15) is 10.1 Å². The Balaban J connectivity index is 1.51. The smallest absolute Gasteiger partial charge is 0.266 e. The number of nitrogens with one attached hydrogen (secondary N) is 1. The molecule has 0 bridgehead atoms. The minimum absolute atomic E-state index is 0.00923. The summed E-state index contributed by atoms with van der Waals surface area (Å²) in [6, 6.07) is 28.9. The zero-order valence-corrected chi connectivity index (χ0v) is 20.6. The van der Waals surface area contributed by atoms with Gasteiger partial charge in [0.2, 0.25) is 0 Å². The summed E-state index contributed by atoms with van der Waals surface area (Å²) in [4.78, 5) is 12.6. The zero-order valence-electron chi connectivity index (χ0n) is 18.4. The third-order valence-electron chi connectivity index (χ3n) is 5.23. The first-order valence-electron chi connectivity index (χ1n) is 10.5. The highest BCUT2D eigenvalue weighted by Crippen LogP contribution is 2.30. The van der Waals surface area contributed by atoms with Gasteiger partial charge in [0.05, 0.1) is 7.11 Å². The van der Waals surface area contributed by atoms with Crippen LogP contribution in [0, 0.1) is 14.9 Å². The van der Waals surface area contributed by atoms with Crippen LogP contribution in [0.25, 0.3) is 16.8 Å². The van der Waals surface area contributed by atoms with Crippen molar-refractivity contribution in [3.05, 3.63) is 105 Å². The van der Waals surface area contributed by atoms with Gasteiger partial charge in [-0.3, -0.25) is 4.79 Å². The van der Waals surface area contributed by atoms with E-state index in [2.05, 4.69) is 46.1 Å². The number of nitriles is 1. The monoisotopic (exact) mass is 560 g/mol. The van der Waals surface area contributed by atoms with Gasteiger partial charge >= 0.3 is 0 Å². The van der Waals surface area contributed by atoms with Crippen LogP contribution in [0.2, 0.25) is 0 Å². The highest BCUT2D eigenvalue weighted by Gasteiger charge is 2.12. The number of amides is 1. The molecule has 0 heterocycles. The van der Waals surface area contributed by atoms with Crippen molar-refractivity contribution in [3.63, 3.8) is 0 Å². The minimum Gasteiger partial charge on any atom is -0.493 e. The fourth-order valence-corrected chi connectivity index (χ4v) is 3.87. The van der Waals surface area contributed by atoms with E-state index in [1.54, 1.807) is 37.4 Å². The van der Waals surface area contributed by atoms with E-state index in [0.717, 1.165) is 19.9 Å². The van der Waals surface area contributed by atoms with Gasteiger partial charge in [-0.05, 0) is 87.0 Å². The molecule has 5 nitrogen and oxygen atoms in total. The number of nitrogens with zero attached hydrogens (tertiary/aromatic N) is 1. The first-order chi connectivity index (χ1) is 16.6. The van der Waals surface area contributed by atoms with E-state index in [0.29, 0.717) is 29.4 Å². The molecule has 0 aliphatic rings. The van der Waals surface area contributed by atoms with Crippen molar-refractivity contribution in [2.45, 2.75) is 6.61 Å². The Morgan fingerprint density at radius 3 is 2.53 bits per heavy atom. The fraction of sp³-hybridized carbons (Fsp3) is 0.0714. The maximum Gasteiger partial charge on any atom is 0.266 e. The van der Waals surface area contributed by atoms with Gasteiger partial charge in [0.25, 0.3) is 5.91 Å². The van der Waals surface area contributed by atoms with E-state index in [-0.39, 0.29) is 5.57 Å². The van der Waals surface area contributed by atoms with Crippen LogP contribution >= 0.6 is 22.6 Å². The molecule has 0 unspecified atom stereocenters. The molecule has 0 aromatic heterocycles. The third-order valence-corrected chi connectivity index (χ3v) is 5.95. The highest BCUT2D eigenvalue weighted by molar-refractivity contribution is 14.1. The van der Waals surface area contributed by atoms with Crippen LogP contribution in [0.4, 0.5) is 5.69 Å². The Morgan fingerprint density at radius 1 is 1.00 bits per heavy atom. The number of hydrogen-bond acceptors (Lipinski definition) is 4. The number of carbonyl (C=O) groups is 1. The number of carbonyl (C=O) groups excluding carboxylic acids is 1. The summed E-state index contributed by atoms with van der Waals surface area (Å²) in [5.41, 5.74) is 2.35. The molecule has 0 saturated carbocycles. The lowest BCUT2D eigenvalue weighted by atomic mass is 10.1. The van der Waals surface area contributed by atoms with Crippen LogP contribution in [-0.4, -0.2) is 13.0 Å². The lowest BCUT2D eigenvalue weighted by Crippen LogP contribution is -2.13. The van der Waals surface area contributed by atoms with Crippen molar-refractivity contribution in [3.8, 4) is 17.6 Å². The SMILES string of the molecule is COc1cc(/C=C(/C#N)C(=O)Nc2ccc(I)cc2)ccc1OCc1cccc2ccccc12. The minimum atomic E-state index is -0.473. The van der Waals surface area contributed by atoms with Crippen LogP contribution in [-0.2, 0) is 11.4 Å². The van der Waals surface area contributed by atoms with Gasteiger partial charge in [-0.15, -0.1) is 0 Å². The number of hydrogen-bond donors (Lipinski definition) is 1. The Hall–Kier alpha value is -3.83. The Labute approximate surface area is 211 Å². The van der Waals surface area contributed by atoms with Gasteiger partial charge in [-0.2, -0.15) is 5.26 Å². The van der Waals surface area contributed by atoms with Gasteiger partial charge in [0, 0.05) is 9.26 Å². The van der Waals surface area contributed by atoms with Crippen LogP contribution in [0.5, 0.6) is 11.5 Å². The molecule has 6 heteroatoms. The molecule has 4 rings (SSSR count). The molecule has 0 saturated heterocycles. The normalized spacial score (nSPS) is 11.0. The molecule has 4 aromatic carbocycles. The number of methoxy groups -OCH3 is 1. The topological polar surface area (TPSA) is 71.3 Å². The molecule has 0 aliphatic carbocycles. The van der Waals surface area contributed by atoms with Crippen LogP contribution in [0.1, 0.15) is 11.1 Å². The Bertz CT molecular complexity index is 1400. The molecule has 0 aliphatic heterocycles. The van der Waals surface area contributed by atoms with Gasteiger partial charge in [0.15, 0.2) is 11.5 Å². The zero-order chi connectivity index (χ0) is 23.9. The maximum absolute atomic E-state index is 12.6. The van der Waals surface area contributed by atoms with Crippen molar-refractivity contribution in [1.82, 2.24) is 0 Å². The number of fused-ring (bicyclic) bond motifs is 1. The summed E-state index contributed by atoms with van der Waals surface area (Å²) in [7, 11) is 1.56. The van der Waals surface area contributed by atoms with E-state index in [1.807, 2.05) is 42.5 Å². The molecule has 1 N–H and O–H groups in total. The molecule has 1 amide bonds. The second-order valence-electron chi connectivity index (χ2n) is 7.47. The third kappa shape index (κ3) is 5.56. The first-order valence-corrected chi connectivity index (χ1v) is 11.6. The van der Waals surface area contributed by atoms with Gasteiger partial charge < -0.3 is 14.8 Å². The second kappa shape index (κ2) is 10.9. The standard InChI is InChI=1S/C28H21IN2O3/c1-33-27-16-19(15-22(17-30)28(32)31-24-12-10-23(29)11-13-24)9-14-26(27)34-18-21-7-4-6-20-5-2-3-8-25(20)21/h2-16H,18H2,1H3,(H,31,32)/b22-15-. The quantitative estimate of drug-likeness (QED) is 0.158. The molecule has 34 heavy (non-hydrogen) atoms. The van der Waals surface area contributed by atoms with Crippen molar-refractivity contribution in [2.24, 2.45) is 0 Å². The predicted molar refractivity (Wildman–Crippen MR) is 143 cm³/mol. The summed E-state index contributed by atoms with van der Waals surface area (Å²) in [5, 5.41) is 14.6. The molecular weight excluding hydrogens is 539 g/mol. The number of benzene rings is 4. The number of halogens is 1. The summed E-state index contributed by atoms with van der Waals surface area (Å²) in [6.07, 6.45) is 1.53. The molecule has 0 spiro atoms. The molecule has 0 radical (unpaired) electrons. The van der Waals surface area contributed by atoms with Gasteiger partial charge in [-0.1, -0.05) is 48.5 Å². The molecule has 4 aromatic rings. The van der Waals surface area contributed by atoms with Crippen molar-refractivity contribution < 1.29 is 14.3 Å². The molecule has 0 atom stereocenters. The van der Waals surface area contributed by atoms with Crippen molar-refractivity contribution in [2.75, 3.05) is 12.4 Å². The molecule has 0 fully saturated rings. The molecular formula is C28H21IN2O3. The van der Waals surface area contributed by atoms with Gasteiger partial charge in [-0.25, -0.2) is 0 Å². The summed E-state index contributed by atoms with van der Waals surface area (Å²) in [5.74, 6) is 0.623. The number of ether oxygens (including phenoxy) is 2. The maximum atomic E-state index is 12.6. The molecule has 168 valence electrons.